The molecular weight excluding hydrogens is 242 g/mol. The summed E-state index contributed by atoms with van der Waals surface area (Å²) < 4.78 is 0. The lowest BCUT2D eigenvalue weighted by Gasteiger charge is -2.36. The van der Waals surface area contributed by atoms with E-state index in [1.807, 2.05) is 6.07 Å². The third-order valence-corrected chi connectivity index (χ3v) is 4.56. The van der Waals surface area contributed by atoms with Gasteiger partial charge in [-0.1, -0.05) is 12.1 Å². The Balaban J connectivity index is 1.74. The second-order valence-corrected chi connectivity index (χ2v) is 5.64. The summed E-state index contributed by atoms with van der Waals surface area (Å²) in [5, 5.41) is 14.4. The topological polar surface area (TPSA) is 58.4 Å². The SMILES string of the molecule is CN1[C@@H]2CC[C@H]1CC(Nc1ccccc1[N+](=O)[O-])C2. The quantitative estimate of drug-likeness (QED) is 0.671. The van der Waals surface area contributed by atoms with E-state index in [1.165, 1.54) is 12.8 Å². The van der Waals surface area contributed by atoms with Crippen LogP contribution < -0.4 is 5.32 Å². The fourth-order valence-electron chi connectivity index (χ4n) is 3.50. The lowest BCUT2D eigenvalue weighted by Crippen LogP contribution is -2.44. The predicted molar refractivity (Wildman–Crippen MR) is 74.3 cm³/mol. The van der Waals surface area contributed by atoms with Crippen LogP contribution in [0.5, 0.6) is 0 Å². The van der Waals surface area contributed by atoms with Gasteiger partial charge in [0, 0.05) is 24.2 Å². The fourth-order valence-corrected chi connectivity index (χ4v) is 3.50. The highest BCUT2D eigenvalue weighted by atomic mass is 16.6. The average Bonchev–Trinajstić information content (AvgIpc) is 2.63. The number of nitrogens with one attached hydrogen (secondary N) is 1. The molecule has 19 heavy (non-hydrogen) atoms. The summed E-state index contributed by atoms with van der Waals surface area (Å²) in [7, 11) is 2.20. The molecule has 102 valence electrons. The van der Waals surface area contributed by atoms with E-state index in [0.717, 1.165) is 12.8 Å². The van der Waals surface area contributed by atoms with Crippen LogP contribution in [0.4, 0.5) is 11.4 Å². The van der Waals surface area contributed by atoms with Crippen LogP contribution in [-0.4, -0.2) is 35.0 Å². The van der Waals surface area contributed by atoms with Gasteiger partial charge in [-0.25, -0.2) is 0 Å². The molecular formula is C14H19N3O2. The Bertz CT molecular complexity index is 477. The maximum atomic E-state index is 11.0. The molecule has 0 saturated carbocycles. The smallest absolute Gasteiger partial charge is 0.292 e. The zero-order valence-electron chi connectivity index (χ0n) is 11.1. The van der Waals surface area contributed by atoms with E-state index in [0.29, 0.717) is 23.8 Å². The Morgan fingerprint density at radius 3 is 2.53 bits per heavy atom. The number of para-hydroxylation sites is 2. The van der Waals surface area contributed by atoms with Crippen molar-refractivity contribution in [2.45, 2.75) is 43.8 Å². The lowest BCUT2D eigenvalue weighted by molar-refractivity contribution is -0.384. The fraction of sp³-hybridized carbons (Fsp3) is 0.571. The van der Waals surface area contributed by atoms with E-state index >= 15 is 0 Å². The average molecular weight is 261 g/mol. The number of hydrogen-bond donors (Lipinski definition) is 1. The van der Waals surface area contributed by atoms with Crippen LogP contribution in [0.15, 0.2) is 24.3 Å². The molecule has 3 rings (SSSR count). The van der Waals surface area contributed by atoms with Gasteiger partial charge in [0.1, 0.15) is 5.69 Å². The van der Waals surface area contributed by atoms with Gasteiger partial charge in [-0.3, -0.25) is 10.1 Å². The van der Waals surface area contributed by atoms with Crippen molar-refractivity contribution >= 4 is 11.4 Å². The first-order chi connectivity index (χ1) is 9.15. The largest absolute Gasteiger partial charge is 0.377 e. The van der Waals surface area contributed by atoms with E-state index in [2.05, 4.69) is 17.3 Å². The summed E-state index contributed by atoms with van der Waals surface area (Å²) in [6, 6.07) is 8.55. The molecule has 5 heteroatoms. The number of nitro groups is 1. The minimum Gasteiger partial charge on any atom is -0.377 e. The molecule has 3 atom stereocenters. The maximum Gasteiger partial charge on any atom is 0.292 e. The first-order valence-corrected chi connectivity index (χ1v) is 6.87. The third-order valence-electron chi connectivity index (χ3n) is 4.56. The number of anilines is 1. The number of benzene rings is 1. The van der Waals surface area contributed by atoms with E-state index < -0.39 is 0 Å². The van der Waals surface area contributed by atoms with Crippen molar-refractivity contribution in [3.8, 4) is 0 Å². The number of rotatable bonds is 3. The molecule has 0 aliphatic carbocycles. The molecule has 2 bridgehead atoms. The molecule has 2 heterocycles. The molecule has 5 nitrogen and oxygen atoms in total. The molecule has 2 fully saturated rings. The summed E-state index contributed by atoms with van der Waals surface area (Å²) in [6.45, 7) is 0. The van der Waals surface area contributed by atoms with E-state index in [4.69, 9.17) is 0 Å². The highest BCUT2D eigenvalue weighted by molar-refractivity contribution is 5.61. The summed E-state index contributed by atoms with van der Waals surface area (Å²) >= 11 is 0. The number of hydrogen-bond acceptors (Lipinski definition) is 4. The van der Waals surface area contributed by atoms with E-state index in [1.54, 1.807) is 18.2 Å². The maximum absolute atomic E-state index is 11.0. The first kappa shape index (κ1) is 12.4. The van der Waals surface area contributed by atoms with Gasteiger partial charge in [-0.2, -0.15) is 0 Å². The van der Waals surface area contributed by atoms with Crippen molar-refractivity contribution in [2.24, 2.45) is 0 Å². The molecule has 2 aliphatic rings. The van der Waals surface area contributed by atoms with Crippen LogP contribution >= 0.6 is 0 Å². The molecule has 1 aromatic carbocycles. The molecule has 1 unspecified atom stereocenters. The first-order valence-electron chi connectivity index (χ1n) is 6.87. The van der Waals surface area contributed by atoms with Crippen molar-refractivity contribution < 1.29 is 4.92 Å². The molecule has 1 aromatic rings. The van der Waals surface area contributed by atoms with Crippen LogP contribution in [0.1, 0.15) is 25.7 Å². The Kier molecular flexibility index (Phi) is 3.14. The lowest BCUT2D eigenvalue weighted by atomic mass is 9.97. The second kappa shape index (κ2) is 4.81. The molecule has 2 saturated heterocycles. The van der Waals surface area contributed by atoms with Gasteiger partial charge >= 0.3 is 0 Å². The van der Waals surface area contributed by atoms with Gasteiger partial charge in [-0.05, 0) is 38.8 Å². The van der Waals surface area contributed by atoms with E-state index in [-0.39, 0.29) is 10.6 Å². The number of nitro benzene ring substituents is 1. The van der Waals surface area contributed by atoms with Gasteiger partial charge < -0.3 is 10.2 Å². The summed E-state index contributed by atoms with van der Waals surface area (Å²) in [5.41, 5.74) is 0.829. The summed E-state index contributed by atoms with van der Waals surface area (Å²) in [5.74, 6) is 0. The molecule has 1 N–H and O–H groups in total. The molecule has 2 aliphatic heterocycles. The molecule has 0 amide bonds. The van der Waals surface area contributed by atoms with Gasteiger partial charge in [-0.15, -0.1) is 0 Å². The van der Waals surface area contributed by atoms with Crippen LogP contribution in [-0.2, 0) is 0 Å². The number of fused-ring (bicyclic) bond motifs is 2. The van der Waals surface area contributed by atoms with Crippen LogP contribution in [0.2, 0.25) is 0 Å². The molecule has 0 aromatic heterocycles. The highest BCUT2D eigenvalue weighted by Gasteiger charge is 2.38. The van der Waals surface area contributed by atoms with E-state index in [9.17, 15) is 10.1 Å². The third kappa shape index (κ3) is 2.30. The molecule has 0 spiro atoms. The van der Waals surface area contributed by atoms with Gasteiger partial charge in [0.15, 0.2) is 0 Å². The number of piperidine rings is 1. The number of nitrogens with zero attached hydrogens (tertiary/aromatic N) is 2. The second-order valence-electron chi connectivity index (χ2n) is 5.64. The van der Waals surface area contributed by atoms with Crippen LogP contribution in [0.25, 0.3) is 0 Å². The Morgan fingerprint density at radius 2 is 1.89 bits per heavy atom. The van der Waals surface area contributed by atoms with Crippen LogP contribution in [0, 0.1) is 10.1 Å². The van der Waals surface area contributed by atoms with Gasteiger partial charge in [0.2, 0.25) is 0 Å². The summed E-state index contributed by atoms with van der Waals surface area (Å²) in [6.07, 6.45) is 4.69. The van der Waals surface area contributed by atoms with Crippen molar-refractivity contribution in [3.63, 3.8) is 0 Å². The minimum atomic E-state index is -0.314. The van der Waals surface area contributed by atoms with Crippen LogP contribution in [0.3, 0.4) is 0 Å². The normalized spacial score (nSPS) is 30.3. The standard InChI is InChI=1S/C14H19N3O2/c1-16-11-6-7-12(16)9-10(8-11)15-13-4-2-3-5-14(13)17(18)19/h2-5,10-12,15H,6-9H2,1H3/t10?,11-,12+. The zero-order valence-corrected chi connectivity index (χ0v) is 11.1. The Hall–Kier alpha value is -1.62. The highest BCUT2D eigenvalue weighted by Crippen LogP contribution is 2.36. The monoisotopic (exact) mass is 261 g/mol. The van der Waals surface area contributed by atoms with Gasteiger partial charge in [0.25, 0.3) is 5.69 Å². The Morgan fingerprint density at radius 1 is 1.26 bits per heavy atom. The van der Waals surface area contributed by atoms with Gasteiger partial charge in [0.05, 0.1) is 4.92 Å². The minimum absolute atomic E-state index is 0.175. The summed E-state index contributed by atoms with van der Waals surface area (Å²) in [4.78, 5) is 13.2. The molecule has 0 radical (unpaired) electrons. The zero-order chi connectivity index (χ0) is 13.4. The Labute approximate surface area is 112 Å². The van der Waals surface area contributed by atoms with Crippen molar-refractivity contribution in [1.29, 1.82) is 0 Å². The predicted octanol–water partition coefficient (Wildman–Crippen LogP) is 2.63. The van der Waals surface area contributed by atoms with Crippen molar-refractivity contribution in [2.75, 3.05) is 12.4 Å². The van der Waals surface area contributed by atoms with Crippen molar-refractivity contribution in [3.05, 3.63) is 34.4 Å². The van der Waals surface area contributed by atoms with Crippen molar-refractivity contribution in [1.82, 2.24) is 4.90 Å².